The normalized spacial score (nSPS) is 12.4. The lowest BCUT2D eigenvalue weighted by atomic mass is 9.94. The minimum absolute atomic E-state index is 0.917. The van der Waals surface area contributed by atoms with Gasteiger partial charge in [-0.15, -0.1) is 0 Å². The third-order valence-corrected chi connectivity index (χ3v) is 12.1. The fourth-order valence-corrected chi connectivity index (χ4v) is 9.78. The first-order valence-electron chi connectivity index (χ1n) is 18.7. The van der Waals surface area contributed by atoms with Crippen molar-refractivity contribution < 1.29 is 4.42 Å². The van der Waals surface area contributed by atoms with Gasteiger partial charge in [-0.3, -0.25) is 0 Å². The van der Waals surface area contributed by atoms with Gasteiger partial charge >= 0.3 is 0 Å². The van der Waals surface area contributed by atoms with Crippen LogP contribution in [0.15, 0.2) is 180 Å². The van der Waals surface area contributed by atoms with Crippen molar-refractivity contribution in [3.63, 3.8) is 0 Å². The van der Waals surface area contributed by atoms with Crippen molar-refractivity contribution in [2.24, 2.45) is 0 Å². The van der Waals surface area contributed by atoms with Crippen LogP contribution in [0.2, 0.25) is 0 Å². The quantitative estimate of drug-likeness (QED) is 0.166. The number of aromatic nitrogens is 1. The third kappa shape index (κ3) is 3.64. The molecule has 0 saturated heterocycles. The lowest BCUT2D eigenvalue weighted by molar-refractivity contribution is 0.669. The lowest BCUT2D eigenvalue weighted by Gasteiger charge is -2.14. The Morgan fingerprint density at radius 1 is 0.296 bits per heavy atom. The maximum atomic E-state index is 6.59. The second kappa shape index (κ2) is 10.2. The predicted molar refractivity (Wildman–Crippen MR) is 228 cm³/mol. The van der Waals surface area contributed by atoms with Crippen molar-refractivity contribution in [3.05, 3.63) is 176 Å². The molecule has 0 aliphatic heterocycles. The molecule has 1 aliphatic carbocycles. The molecule has 0 amide bonds. The molecular formula is C52H29NO. The summed E-state index contributed by atoms with van der Waals surface area (Å²) in [5, 5.41) is 15.1. The van der Waals surface area contributed by atoms with Crippen LogP contribution < -0.4 is 0 Å². The van der Waals surface area contributed by atoms with E-state index in [-0.39, 0.29) is 0 Å². The highest BCUT2D eigenvalue weighted by atomic mass is 16.3. The molecule has 2 heteroatoms. The maximum absolute atomic E-state index is 6.59. The Hall–Kier alpha value is -7.16. The number of benzene rings is 10. The van der Waals surface area contributed by atoms with E-state index in [1.165, 1.54) is 109 Å². The molecule has 248 valence electrons. The molecule has 2 heterocycles. The Bertz CT molecular complexity index is 3580. The molecule has 0 N–H and O–H groups in total. The number of fused-ring (bicyclic) bond motifs is 16. The zero-order valence-electron chi connectivity index (χ0n) is 29.1. The molecule has 13 rings (SSSR count). The first-order valence-corrected chi connectivity index (χ1v) is 18.7. The summed E-state index contributed by atoms with van der Waals surface area (Å²) in [6.07, 6.45) is 0. The van der Waals surface area contributed by atoms with Gasteiger partial charge in [-0.1, -0.05) is 127 Å². The van der Waals surface area contributed by atoms with Gasteiger partial charge in [0.15, 0.2) is 0 Å². The summed E-state index contributed by atoms with van der Waals surface area (Å²) in [5.74, 6) is 0. The van der Waals surface area contributed by atoms with Crippen molar-refractivity contribution >= 4 is 86.8 Å². The zero-order valence-corrected chi connectivity index (χ0v) is 29.1. The van der Waals surface area contributed by atoms with E-state index < -0.39 is 0 Å². The van der Waals surface area contributed by atoms with Crippen LogP contribution in [-0.2, 0) is 0 Å². The minimum atomic E-state index is 0.917. The van der Waals surface area contributed by atoms with Crippen LogP contribution >= 0.6 is 0 Å². The highest BCUT2D eigenvalue weighted by molar-refractivity contribution is 6.28. The number of furan rings is 1. The minimum Gasteiger partial charge on any atom is -0.456 e. The van der Waals surface area contributed by atoms with Crippen molar-refractivity contribution in [1.29, 1.82) is 0 Å². The van der Waals surface area contributed by atoms with Crippen LogP contribution in [-0.4, -0.2) is 4.57 Å². The molecule has 54 heavy (non-hydrogen) atoms. The molecule has 0 radical (unpaired) electrons. The molecule has 0 atom stereocenters. The van der Waals surface area contributed by atoms with E-state index in [0.717, 1.165) is 16.6 Å². The highest BCUT2D eigenvalue weighted by Gasteiger charge is 2.24. The summed E-state index contributed by atoms with van der Waals surface area (Å²) in [5.41, 5.74) is 12.9. The lowest BCUT2D eigenvalue weighted by Crippen LogP contribution is -1.94. The molecule has 0 saturated carbocycles. The van der Waals surface area contributed by atoms with Crippen LogP contribution in [0.1, 0.15) is 0 Å². The van der Waals surface area contributed by atoms with Crippen molar-refractivity contribution in [3.8, 4) is 39.1 Å². The summed E-state index contributed by atoms with van der Waals surface area (Å²) in [6.45, 7) is 0. The maximum Gasteiger partial charge on any atom is 0.136 e. The van der Waals surface area contributed by atoms with E-state index in [2.05, 4.69) is 180 Å². The van der Waals surface area contributed by atoms with Crippen LogP contribution in [0.4, 0.5) is 0 Å². The molecule has 10 aromatic carbocycles. The molecule has 2 nitrogen and oxygen atoms in total. The van der Waals surface area contributed by atoms with Crippen LogP contribution in [0.5, 0.6) is 0 Å². The molecule has 12 aromatic rings. The second-order valence-electron chi connectivity index (χ2n) is 14.8. The van der Waals surface area contributed by atoms with Crippen LogP contribution in [0, 0.1) is 0 Å². The second-order valence-corrected chi connectivity index (χ2v) is 14.8. The van der Waals surface area contributed by atoms with Gasteiger partial charge < -0.3 is 8.98 Å². The van der Waals surface area contributed by atoms with Gasteiger partial charge in [-0.25, -0.2) is 0 Å². The zero-order chi connectivity index (χ0) is 35.1. The number of hydrogen-bond donors (Lipinski definition) is 0. The van der Waals surface area contributed by atoms with E-state index in [9.17, 15) is 0 Å². The van der Waals surface area contributed by atoms with Gasteiger partial charge in [0, 0.05) is 27.2 Å². The average Bonchev–Trinajstić information content (AvgIpc) is 3.89. The van der Waals surface area contributed by atoms with Gasteiger partial charge in [0.25, 0.3) is 0 Å². The molecule has 0 fully saturated rings. The van der Waals surface area contributed by atoms with Gasteiger partial charge in [0.2, 0.25) is 0 Å². The topological polar surface area (TPSA) is 18.1 Å². The number of para-hydroxylation sites is 1. The van der Waals surface area contributed by atoms with E-state index in [4.69, 9.17) is 4.42 Å². The first kappa shape index (κ1) is 28.4. The molecular weight excluding hydrogens is 655 g/mol. The standard InChI is InChI=1S/C52H29NO/c1-2-12-35-33(10-1)34-11-3-5-14-37(34)43-28-32(22-23-39(35)43)53-47-19-8-7-16-40(47)44-26-30(20-24-48(44)53)31-21-25-49-46(27-31)52-42-18-9-17-41-36-13-4-6-15-38(36)45(51(41)42)29-50(52)54-49/h1-29H. The molecule has 2 aromatic heterocycles. The monoisotopic (exact) mass is 683 g/mol. The SMILES string of the molecule is c1ccc2c(c1)-c1cccc3c1c-2cc1oc2ccc(-c4ccc5c(c4)c4ccccc4n5-c4ccc5c6ccccc6c6ccccc6c5c4)cc2c13. The molecule has 0 spiro atoms. The first-order chi connectivity index (χ1) is 26.8. The molecule has 1 aliphatic rings. The predicted octanol–water partition coefficient (Wildman–Crippen LogP) is 14.6. The van der Waals surface area contributed by atoms with Gasteiger partial charge in [0.05, 0.1) is 11.0 Å². The fraction of sp³-hybridized carbons (Fsp3) is 0. The smallest absolute Gasteiger partial charge is 0.136 e. The summed E-state index contributed by atoms with van der Waals surface area (Å²) < 4.78 is 9.03. The average molecular weight is 684 g/mol. The van der Waals surface area contributed by atoms with E-state index in [1.807, 2.05) is 0 Å². The largest absolute Gasteiger partial charge is 0.456 e. The van der Waals surface area contributed by atoms with Gasteiger partial charge in [-0.05, 0) is 125 Å². The Labute approximate surface area is 309 Å². The summed E-state index contributed by atoms with van der Waals surface area (Å²) in [6, 6.07) is 64.7. The highest BCUT2D eigenvalue weighted by Crippen LogP contribution is 2.51. The van der Waals surface area contributed by atoms with E-state index >= 15 is 0 Å². The number of nitrogens with zero attached hydrogens (tertiary/aromatic N) is 1. The van der Waals surface area contributed by atoms with Gasteiger partial charge in [0.1, 0.15) is 11.2 Å². The third-order valence-electron chi connectivity index (χ3n) is 12.1. The van der Waals surface area contributed by atoms with Crippen molar-refractivity contribution in [2.75, 3.05) is 0 Å². The fourth-order valence-electron chi connectivity index (χ4n) is 9.78. The Balaban J connectivity index is 1.01. The van der Waals surface area contributed by atoms with Gasteiger partial charge in [-0.2, -0.15) is 0 Å². The molecule has 0 bridgehead atoms. The van der Waals surface area contributed by atoms with Crippen molar-refractivity contribution in [2.45, 2.75) is 0 Å². The number of hydrogen-bond acceptors (Lipinski definition) is 1. The van der Waals surface area contributed by atoms with Crippen LogP contribution in [0.25, 0.3) is 126 Å². The Kier molecular flexibility index (Phi) is 5.39. The molecule has 0 unspecified atom stereocenters. The van der Waals surface area contributed by atoms with E-state index in [1.54, 1.807) is 0 Å². The Morgan fingerprint density at radius 3 is 1.65 bits per heavy atom. The van der Waals surface area contributed by atoms with Crippen LogP contribution in [0.3, 0.4) is 0 Å². The van der Waals surface area contributed by atoms with E-state index in [0.29, 0.717) is 0 Å². The van der Waals surface area contributed by atoms with Crippen molar-refractivity contribution in [1.82, 2.24) is 4.57 Å². The summed E-state index contributed by atoms with van der Waals surface area (Å²) in [4.78, 5) is 0. The summed E-state index contributed by atoms with van der Waals surface area (Å²) in [7, 11) is 0. The Morgan fingerprint density at radius 2 is 0.870 bits per heavy atom. The summed E-state index contributed by atoms with van der Waals surface area (Å²) >= 11 is 0. The number of rotatable bonds is 2.